The van der Waals surface area contributed by atoms with Gasteiger partial charge in [0, 0.05) is 14.2 Å². The van der Waals surface area contributed by atoms with Crippen LogP contribution in [0.25, 0.3) is 0 Å². The van der Waals surface area contributed by atoms with Crippen molar-refractivity contribution in [2.45, 2.75) is 18.3 Å². The van der Waals surface area contributed by atoms with Gasteiger partial charge in [0.15, 0.2) is 0 Å². The average molecular weight is 404 g/mol. The molecular weight excluding hydrogens is 388 g/mol. The number of alkyl halides is 3. The van der Waals surface area contributed by atoms with Crippen molar-refractivity contribution in [2.75, 3.05) is 14.2 Å². The van der Waals surface area contributed by atoms with E-state index in [0.29, 0.717) is 5.56 Å². The highest BCUT2D eigenvalue weighted by Gasteiger charge is 2.37. The molecule has 2 unspecified atom stereocenters. The summed E-state index contributed by atoms with van der Waals surface area (Å²) < 4.78 is 58.0. The second-order valence-corrected chi connectivity index (χ2v) is 6.25. The molecule has 2 amide bonds. The Morgan fingerprint density at radius 1 is 1.22 bits per heavy atom. The number of thiophene rings is 1. The molecule has 146 valence electrons. The third kappa shape index (κ3) is 4.83. The lowest BCUT2D eigenvalue weighted by Crippen LogP contribution is -2.50. The fraction of sp³-hybridized carbons (Fsp3) is 0.294. The van der Waals surface area contributed by atoms with Gasteiger partial charge in [0.25, 0.3) is 5.91 Å². The molecule has 2 N–H and O–H groups in total. The molecule has 0 aliphatic rings. The van der Waals surface area contributed by atoms with Gasteiger partial charge in [-0.25, -0.2) is 4.39 Å². The molecule has 0 aliphatic carbocycles. The number of benzene rings is 1. The summed E-state index contributed by atoms with van der Waals surface area (Å²) in [5.74, 6) is -2.96. The van der Waals surface area contributed by atoms with E-state index in [1.165, 1.54) is 25.5 Å². The van der Waals surface area contributed by atoms with Crippen molar-refractivity contribution in [1.82, 2.24) is 10.6 Å². The Kier molecular flexibility index (Phi) is 6.55. The number of hydrogen-bond donors (Lipinski definition) is 2. The van der Waals surface area contributed by atoms with Crippen LogP contribution in [0.3, 0.4) is 0 Å². The maximum Gasteiger partial charge on any atom is 0.417 e. The first-order valence-corrected chi connectivity index (χ1v) is 8.57. The van der Waals surface area contributed by atoms with Crippen LogP contribution < -0.4 is 10.6 Å². The van der Waals surface area contributed by atoms with Gasteiger partial charge < -0.3 is 15.4 Å². The van der Waals surface area contributed by atoms with Crippen LogP contribution in [0.5, 0.6) is 0 Å². The molecular formula is C17H16F4N2O3S. The number of ether oxygens (including phenoxy) is 1. The topological polar surface area (TPSA) is 67.4 Å². The van der Waals surface area contributed by atoms with Gasteiger partial charge in [-0.15, -0.1) is 0 Å². The highest BCUT2D eigenvalue weighted by molar-refractivity contribution is 7.08. The van der Waals surface area contributed by atoms with E-state index in [-0.39, 0.29) is 6.07 Å². The molecule has 0 saturated carbocycles. The first kappa shape index (κ1) is 20.8. The number of rotatable bonds is 6. The fourth-order valence-corrected chi connectivity index (χ4v) is 3.19. The predicted molar refractivity (Wildman–Crippen MR) is 90.8 cm³/mol. The van der Waals surface area contributed by atoms with E-state index in [1.54, 1.807) is 16.8 Å². The summed E-state index contributed by atoms with van der Waals surface area (Å²) in [7, 11) is 2.63. The van der Waals surface area contributed by atoms with Crippen LogP contribution in [0.15, 0.2) is 35.0 Å². The van der Waals surface area contributed by atoms with E-state index >= 15 is 0 Å². The molecule has 2 rings (SSSR count). The molecule has 2 atom stereocenters. The van der Waals surface area contributed by atoms with Gasteiger partial charge in [0.1, 0.15) is 18.0 Å². The molecule has 0 saturated heterocycles. The lowest BCUT2D eigenvalue weighted by molar-refractivity contribution is -0.138. The summed E-state index contributed by atoms with van der Waals surface area (Å²) in [4.78, 5) is 24.7. The summed E-state index contributed by atoms with van der Waals surface area (Å²) in [5.41, 5.74) is -1.65. The first-order valence-electron chi connectivity index (χ1n) is 7.63. The number of carbonyl (C=O) groups is 2. The smallest absolute Gasteiger partial charge is 0.374 e. The third-order valence-electron chi connectivity index (χ3n) is 3.78. The largest absolute Gasteiger partial charge is 0.417 e. The van der Waals surface area contributed by atoms with Gasteiger partial charge in [-0.3, -0.25) is 9.59 Å². The van der Waals surface area contributed by atoms with Gasteiger partial charge in [-0.2, -0.15) is 24.5 Å². The number of halogens is 4. The molecule has 1 aromatic heterocycles. The number of nitrogens with one attached hydrogen (secondary N) is 2. The second kappa shape index (κ2) is 8.49. The van der Waals surface area contributed by atoms with Gasteiger partial charge in [-0.1, -0.05) is 0 Å². The zero-order valence-electron chi connectivity index (χ0n) is 14.3. The normalized spacial score (nSPS) is 13.7. The Bertz CT molecular complexity index is 809. The van der Waals surface area contributed by atoms with Crippen LogP contribution in [0.2, 0.25) is 0 Å². The van der Waals surface area contributed by atoms with Crippen molar-refractivity contribution in [2.24, 2.45) is 0 Å². The molecule has 10 heteroatoms. The molecule has 0 fully saturated rings. The van der Waals surface area contributed by atoms with Crippen molar-refractivity contribution >= 4 is 23.2 Å². The number of amides is 2. The number of methoxy groups -OCH3 is 1. The van der Waals surface area contributed by atoms with Crippen LogP contribution in [-0.4, -0.2) is 32.0 Å². The summed E-state index contributed by atoms with van der Waals surface area (Å²) in [6.45, 7) is 0. The first-order chi connectivity index (χ1) is 12.7. The Labute approximate surface area is 156 Å². The van der Waals surface area contributed by atoms with Crippen LogP contribution >= 0.6 is 11.3 Å². The molecule has 0 aliphatic heterocycles. The lowest BCUT2D eigenvalue weighted by atomic mass is 10.0. The van der Waals surface area contributed by atoms with Gasteiger partial charge in [0.2, 0.25) is 5.91 Å². The van der Waals surface area contributed by atoms with Crippen molar-refractivity contribution in [1.29, 1.82) is 0 Å². The van der Waals surface area contributed by atoms with Crippen molar-refractivity contribution in [3.8, 4) is 0 Å². The van der Waals surface area contributed by atoms with E-state index in [2.05, 4.69) is 10.6 Å². The Hall–Kier alpha value is -2.46. The minimum absolute atomic E-state index is 0.233. The monoisotopic (exact) mass is 404 g/mol. The van der Waals surface area contributed by atoms with E-state index in [1.807, 2.05) is 0 Å². The standard InChI is InChI=1S/C17H16F4N2O3S/c1-22-16(25)13(14(26-2)9-5-6-27-8-9)23-15(24)11-4-3-10(18)7-12(11)17(19,20)21/h3-8,13-14H,1-2H3,(H,22,25)(H,23,24). The number of hydrogen-bond acceptors (Lipinski definition) is 4. The van der Waals surface area contributed by atoms with E-state index in [0.717, 1.165) is 12.1 Å². The SMILES string of the molecule is CNC(=O)C(NC(=O)c1ccc(F)cc1C(F)(F)F)C(OC)c1ccsc1. The average Bonchev–Trinajstić information content (AvgIpc) is 3.14. The third-order valence-corrected chi connectivity index (χ3v) is 4.48. The maximum atomic E-state index is 13.2. The highest BCUT2D eigenvalue weighted by Crippen LogP contribution is 2.33. The lowest BCUT2D eigenvalue weighted by Gasteiger charge is -2.25. The van der Waals surface area contributed by atoms with E-state index in [4.69, 9.17) is 4.74 Å². The van der Waals surface area contributed by atoms with Gasteiger partial charge >= 0.3 is 6.18 Å². The summed E-state index contributed by atoms with van der Waals surface area (Å²) >= 11 is 1.33. The Morgan fingerprint density at radius 2 is 1.93 bits per heavy atom. The Morgan fingerprint density at radius 3 is 2.44 bits per heavy atom. The zero-order valence-corrected chi connectivity index (χ0v) is 15.1. The molecule has 1 heterocycles. The van der Waals surface area contributed by atoms with Crippen molar-refractivity contribution < 1.29 is 31.9 Å². The molecule has 0 bridgehead atoms. The summed E-state index contributed by atoms with van der Waals surface area (Å²) in [5, 5.41) is 8.02. The van der Waals surface area contributed by atoms with Crippen molar-refractivity contribution in [3.63, 3.8) is 0 Å². The quantitative estimate of drug-likeness (QED) is 0.727. The van der Waals surface area contributed by atoms with Crippen LogP contribution in [-0.2, 0) is 15.7 Å². The number of carbonyl (C=O) groups excluding carboxylic acids is 2. The highest BCUT2D eigenvalue weighted by atomic mass is 32.1. The van der Waals surface area contributed by atoms with E-state index in [9.17, 15) is 27.2 Å². The second-order valence-electron chi connectivity index (χ2n) is 5.47. The molecule has 1 aromatic carbocycles. The summed E-state index contributed by atoms with van der Waals surface area (Å²) in [6, 6.07) is 2.07. The number of likely N-dealkylation sites (N-methyl/N-ethyl adjacent to an activating group) is 1. The molecule has 5 nitrogen and oxygen atoms in total. The van der Waals surface area contributed by atoms with E-state index < -0.39 is 47.1 Å². The Balaban J connectivity index is 2.39. The zero-order chi connectivity index (χ0) is 20.2. The summed E-state index contributed by atoms with van der Waals surface area (Å²) in [6.07, 6.45) is -5.86. The minimum atomic E-state index is -4.94. The van der Waals surface area contributed by atoms with Gasteiger partial charge in [0.05, 0.1) is 11.1 Å². The van der Waals surface area contributed by atoms with Gasteiger partial charge in [-0.05, 0) is 40.6 Å². The fourth-order valence-electron chi connectivity index (χ4n) is 2.50. The van der Waals surface area contributed by atoms with Crippen molar-refractivity contribution in [3.05, 3.63) is 57.5 Å². The molecule has 0 spiro atoms. The molecule has 27 heavy (non-hydrogen) atoms. The molecule has 0 radical (unpaired) electrons. The van der Waals surface area contributed by atoms with Crippen LogP contribution in [0.4, 0.5) is 17.6 Å². The van der Waals surface area contributed by atoms with Crippen LogP contribution in [0, 0.1) is 5.82 Å². The van der Waals surface area contributed by atoms with Crippen LogP contribution in [0.1, 0.15) is 27.6 Å². The molecule has 2 aromatic rings. The predicted octanol–water partition coefficient (Wildman–Crippen LogP) is 3.14. The maximum absolute atomic E-state index is 13.2. The minimum Gasteiger partial charge on any atom is -0.374 e.